The maximum atomic E-state index is 13.2. The molecule has 0 fully saturated rings. The van der Waals surface area contributed by atoms with Crippen LogP contribution in [0.5, 0.6) is 0 Å². The van der Waals surface area contributed by atoms with Crippen LogP contribution in [0, 0.1) is 0 Å². The highest BCUT2D eigenvalue weighted by Crippen LogP contribution is 2.34. The minimum absolute atomic E-state index is 0. The molecule has 2 aromatic carbocycles. The van der Waals surface area contributed by atoms with Crippen LogP contribution in [0.4, 0.5) is 18.3 Å². The van der Waals surface area contributed by atoms with Crippen LogP contribution in [0.3, 0.4) is 0 Å². The number of anilines is 1. The first kappa shape index (κ1) is 20.7. The molecule has 0 radical (unpaired) electrons. The van der Waals surface area contributed by atoms with Gasteiger partial charge in [-0.1, -0.05) is 29.5 Å². The summed E-state index contributed by atoms with van der Waals surface area (Å²) >= 11 is 0.896. The maximum Gasteiger partial charge on any atom is 0.416 e. The first-order valence-electron chi connectivity index (χ1n) is 9.97. The normalized spacial score (nSPS) is 14.3. The molecule has 32 heavy (non-hydrogen) atoms. The third kappa shape index (κ3) is 3.55. The van der Waals surface area contributed by atoms with Crippen molar-refractivity contribution >= 4 is 49.3 Å². The zero-order valence-corrected chi connectivity index (χ0v) is 17.4. The molecule has 10 heteroatoms. The van der Waals surface area contributed by atoms with E-state index in [2.05, 4.69) is 20.2 Å². The lowest BCUT2D eigenvalue weighted by Gasteiger charge is -2.06. The highest BCUT2D eigenvalue weighted by Gasteiger charge is 2.31. The van der Waals surface area contributed by atoms with E-state index in [9.17, 15) is 22.8 Å². The number of amides is 1. The van der Waals surface area contributed by atoms with Gasteiger partial charge in [-0.25, -0.2) is 4.98 Å². The molecule has 0 saturated heterocycles. The van der Waals surface area contributed by atoms with Gasteiger partial charge in [-0.2, -0.15) is 13.2 Å². The Labute approximate surface area is 185 Å². The van der Waals surface area contributed by atoms with Gasteiger partial charge in [0.1, 0.15) is 0 Å². The Bertz CT molecular complexity index is 1380. The summed E-state index contributed by atoms with van der Waals surface area (Å²) < 4.78 is 41.2. The first-order valence-corrected chi connectivity index (χ1v) is 10.8. The summed E-state index contributed by atoms with van der Waals surface area (Å²) in [6.07, 6.45) is -3.87. The monoisotopic (exact) mass is 460 g/mol. The lowest BCUT2D eigenvalue weighted by atomic mass is 10.0. The number of rotatable bonds is 3. The molecule has 1 aliphatic heterocycles. The predicted octanol–water partition coefficient (Wildman–Crippen LogP) is 4.48. The van der Waals surface area contributed by atoms with Gasteiger partial charge in [-0.15, -0.1) is 0 Å². The number of para-hydroxylation sites is 1. The molecule has 1 amide bonds. The van der Waals surface area contributed by atoms with Crippen molar-refractivity contribution in [3.8, 4) is 0 Å². The van der Waals surface area contributed by atoms with Crippen LogP contribution in [0.25, 0.3) is 21.1 Å². The minimum atomic E-state index is -4.47. The first-order chi connectivity index (χ1) is 15.3. The zero-order chi connectivity index (χ0) is 22.5. The standard InChI is InChI=1S/C22H17F3N4O2S.H2/c23-22(24,25)12-5-6-14-17(11-12)32-21(27-14)28-20(31)19(30)18-13-3-1-2-4-15(13)29-10-9-26-8-7-16(18)29;/h1-6,11,26H,7-10H2,(H,27,28,31);1H. The number of thiazole rings is 1. The summed E-state index contributed by atoms with van der Waals surface area (Å²) in [7, 11) is 0. The van der Waals surface area contributed by atoms with Gasteiger partial charge in [0.05, 0.1) is 21.3 Å². The summed E-state index contributed by atoms with van der Waals surface area (Å²) in [4.78, 5) is 30.2. The summed E-state index contributed by atoms with van der Waals surface area (Å²) in [6.45, 7) is 2.14. The van der Waals surface area contributed by atoms with Crippen molar-refractivity contribution in [1.82, 2.24) is 14.9 Å². The van der Waals surface area contributed by atoms with Gasteiger partial charge in [0, 0.05) is 44.1 Å². The largest absolute Gasteiger partial charge is 0.416 e. The molecule has 4 aromatic rings. The number of alkyl halides is 3. The molecule has 6 nitrogen and oxygen atoms in total. The molecule has 5 rings (SSSR count). The molecule has 0 bridgehead atoms. The van der Waals surface area contributed by atoms with Crippen molar-refractivity contribution in [3.63, 3.8) is 0 Å². The third-order valence-electron chi connectivity index (χ3n) is 5.50. The van der Waals surface area contributed by atoms with Crippen LogP contribution in [0.1, 0.15) is 23.0 Å². The molecule has 0 spiro atoms. The van der Waals surface area contributed by atoms with E-state index in [0.717, 1.165) is 41.2 Å². The van der Waals surface area contributed by atoms with E-state index in [0.29, 0.717) is 36.0 Å². The fraction of sp³-hybridized carbons (Fsp3) is 0.227. The topological polar surface area (TPSA) is 76.0 Å². The van der Waals surface area contributed by atoms with Crippen molar-refractivity contribution < 1.29 is 24.2 Å². The quantitative estimate of drug-likeness (QED) is 0.349. The number of fused-ring (bicyclic) bond motifs is 4. The Morgan fingerprint density at radius 3 is 2.78 bits per heavy atom. The number of carbonyl (C=O) groups excluding carboxylic acids is 2. The lowest BCUT2D eigenvalue weighted by Crippen LogP contribution is -2.24. The molecule has 2 N–H and O–H groups in total. The van der Waals surface area contributed by atoms with Crippen LogP contribution in [0.15, 0.2) is 42.5 Å². The molecule has 3 heterocycles. The summed E-state index contributed by atoms with van der Waals surface area (Å²) in [6, 6.07) is 10.6. The van der Waals surface area contributed by atoms with E-state index in [1.54, 1.807) is 0 Å². The molecule has 0 aliphatic carbocycles. The van der Waals surface area contributed by atoms with Gasteiger partial charge in [0.25, 0.3) is 11.7 Å². The summed E-state index contributed by atoms with van der Waals surface area (Å²) in [5, 5.41) is 6.56. The van der Waals surface area contributed by atoms with E-state index in [-0.39, 0.29) is 11.3 Å². The fourth-order valence-electron chi connectivity index (χ4n) is 4.07. The van der Waals surface area contributed by atoms with Gasteiger partial charge in [-0.05, 0) is 24.3 Å². The minimum Gasteiger partial charge on any atom is -0.343 e. The van der Waals surface area contributed by atoms with E-state index in [1.165, 1.54) is 6.07 Å². The zero-order valence-electron chi connectivity index (χ0n) is 16.6. The lowest BCUT2D eigenvalue weighted by molar-refractivity contribution is -0.137. The van der Waals surface area contributed by atoms with Crippen LogP contribution < -0.4 is 10.6 Å². The van der Waals surface area contributed by atoms with Crippen LogP contribution in [-0.2, 0) is 23.9 Å². The van der Waals surface area contributed by atoms with Gasteiger partial charge in [-0.3, -0.25) is 14.9 Å². The molecule has 166 valence electrons. The molecule has 2 aromatic heterocycles. The van der Waals surface area contributed by atoms with E-state index in [1.807, 2.05) is 24.3 Å². The second-order valence-corrected chi connectivity index (χ2v) is 8.50. The van der Waals surface area contributed by atoms with Crippen molar-refractivity contribution in [3.05, 3.63) is 59.3 Å². The molecular formula is C22H19F3N4O2S. The van der Waals surface area contributed by atoms with Crippen molar-refractivity contribution in [2.45, 2.75) is 19.1 Å². The molecule has 0 unspecified atom stereocenters. The predicted molar refractivity (Wildman–Crippen MR) is 118 cm³/mol. The highest BCUT2D eigenvalue weighted by atomic mass is 32.1. The Morgan fingerprint density at radius 2 is 1.97 bits per heavy atom. The van der Waals surface area contributed by atoms with E-state index in [4.69, 9.17) is 0 Å². The maximum absolute atomic E-state index is 13.2. The Kier molecular flexibility index (Phi) is 4.98. The molecular weight excluding hydrogens is 441 g/mol. The summed E-state index contributed by atoms with van der Waals surface area (Å²) in [5.74, 6) is -1.55. The Hall–Kier alpha value is -3.24. The highest BCUT2D eigenvalue weighted by molar-refractivity contribution is 7.22. The number of aromatic nitrogens is 2. The number of Topliss-reactive ketones (excluding diaryl/α,β-unsaturated/α-hetero) is 1. The van der Waals surface area contributed by atoms with Crippen molar-refractivity contribution in [2.24, 2.45) is 0 Å². The third-order valence-corrected chi connectivity index (χ3v) is 6.43. The smallest absolute Gasteiger partial charge is 0.343 e. The van der Waals surface area contributed by atoms with Crippen LogP contribution in [0.2, 0.25) is 0 Å². The average molecular weight is 460 g/mol. The second kappa shape index (κ2) is 7.72. The SMILES string of the molecule is O=C(Nc1nc2ccc(C(F)(F)F)cc2s1)C(=O)c1c2n(c3ccccc13)CCNCC2.[HH]. The number of ketones is 1. The van der Waals surface area contributed by atoms with Gasteiger partial charge in [0.2, 0.25) is 0 Å². The number of nitrogens with zero attached hydrogens (tertiary/aromatic N) is 2. The molecule has 0 saturated carbocycles. The van der Waals surface area contributed by atoms with Gasteiger partial charge in [0.15, 0.2) is 5.13 Å². The van der Waals surface area contributed by atoms with Gasteiger partial charge >= 0.3 is 6.18 Å². The number of halogens is 3. The van der Waals surface area contributed by atoms with E-state index < -0.39 is 23.4 Å². The van der Waals surface area contributed by atoms with Crippen molar-refractivity contribution in [1.29, 1.82) is 0 Å². The van der Waals surface area contributed by atoms with Crippen LogP contribution >= 0.6 is 11.3 Å². The van der Waals surface area contributed by atoms with Crippen LogP contribution in [-0.4, -0.2) is 34.3 Å². The second-order valence-electron chi connectivity index (χ2n) is 7.47. The van der Waals surface area contributed by atoms with Crippen molar-refractivity contribution in [2.75, 3.05) is 18.4 Å². The Morgan fingerprint density at radius 1 is 1.16 bits per heavy atom. The van der Waals surface area contributed by atoms with E-state index >= 15 is 0 Å². The van der Waals surface area contributed by atoms with Gasteiger partial charge < -0.3 is 9.88 Å². The number of nitrogens with one attached hydrogen (secondary N) is 2. The Balaban J connectivity index is 0.00000259. The fourth-order valence-corrected chi connectivity index (χ4v) is 4.97. The molecule has 1 aliphatic rings. The molecule has 0 atom stereocenters. The summed E-state index contributed by atoms with van der Waals surface area (Å²) in [5.41, 5.74) is 1.58. The number of hydrogen-bond acceptors (Lipinski definition) is 5. The number of hydrogen-bond donors (Lipinski definition) is 2. The number of carbonyl (C=O) groups is 2. The average Bonchev–Trinajstić information content (AvgIpc) is 3.20. The number of benzene rings is 2.